The van der Waals surface area contributed by atoms with Crippen LogP contribution in [0.4, 0.5) is 5.69 Å². The highest BCUT2D eigenvalue weighted by Crippen LogP contribution is 2.57. The van der Waals surface area contributed by atoms with Crippen LogP contribution in [0.1, 0.15) is 29.4 Å². The zero-order valence-corrected chi connectivity index (χ0v) is 12.0. The first-order chi connectivity index (χ1) is 10.5. The molecule has 1 aromatic carbocycles. The van der Waals surface area contributed by atoms with Crippen molar-refractivity contribution in [1.82, 2.24) is 4.57 Å². The minimum Gasteiger partial charge on any atom is -0.494 e. The number of hydrogen-bond acceptors (Lipinski definition) is 4. The van der Waals surface area contributed by atoms with Gasteiger partial charge in [-0.25, -0.2) is 0 Å². The van der Waals surface area contributed by atoms with Gasteiger partial charge in [-0.2, -0.15) is 0 Å². The van der Waals surface area contributed by atoms with E-state index in [0.717, 1.165) is 6.42 Å². The average Bonchev–Trinajstić information content (AvgIpc) is 3.14. The van der Waals surface area contributed by atoms with Crippen LogP contribution in [0.2, 0.25) is 5.02 Å². The third-order valence-electron chi connectivity index (χ3n) is 4.41. The number of aromatic hydroxyl groups is 2. The minimum absolute atomic E-state index is 0.00848. The van der Waals surface area contributed by atoms with E-state index in [0.29, 0.717) is 16.8 Å². The maximum atomic E-state index is 11.0. The van der Waals surface area contributed by atoms with E-state index in [4.69, 9.17) is 11.6 Å². The summed E-state index contributed by atoms with van der Waals surface area (Å²) in [7, 11) is 0. The van der Waals surface area contributed by atoms with E-state index >= 15 is 0 Å². The number of aromatic nitrogens is 1. The zero-order chi connectivity index (χ0) is 15.6. The molecule has 0 saturated heterocycles. The third kappa shape index (κ3) is 1.55. The predicted octanol–water partition coefficient (Wildman–Crippen LogP) is 3.59. The standard InChI is InChI=1S/C15H11ClN2O4/c16-10-4-3-9(6-11(10)18(21)22)17-14(19)12-7-1-2-8(5-7)13(12)15(17)20/h1-4,6-8,19-20H,5H2/t7-,8+. The van der Waals surface area contributed by atoms with Crippen molar-refractivity contribution < 1.29 is 15.1 Å². The molecule has 22 heavy (non-hydrogen) atoms. The molecule has 2 N–H and O–H groups in total. The predicted molar refractivity (Wildman–Crippen MR) is 80.0 cm³/mol. The molecule has 0 amide bonds. The molecule has 2 atom stereocenters. The molecule has 2 bridgehead atoms. The van der Waals surface area contributed by atoms with Gasteiger partial charge < -0.3 is 10.2 Å². The van der Waals surface area contributed by atoms with Crippen LogP contribution in [0.15, 0.2) is 30.4 Å². The van der Waals surface area contributed by atoms with Crippen molar-refractivity contribution >= 4 is 17.3 Å². The van der Waals surface area contributed by atoms with Gasteiger partial charge in [0.2, 0.25) is 11.8 Å². The largest absolute Gasteiger partial charge is 0.494 e. The Labute approximate surface area is 130 Å². The highest BCUT2D eigenvalue weighted by molar-refractivity contribution is 6.32. The Morgan fingerprint density at radius 3 is 2.32 bits per heavy atom. The molecule has 0 unspecified atom stereocenters. The van der Waals surface area contributed by atoms with Gasteiger partial charge in [0, 0.05) is 29.0 Å². The van der Waals surface area contributed by atoms with Crippen molar-refractivity contribution in [3.8, 4) is 17.4 Å². The molecule has 2 aliphatic rings. The van der Waals surface area contributed by atoms with Crippen molar-refractivity contribution in [2.24, 2.45) is 0 Å². The number of halogens is 1. The van der Waals surface area contributed by atoms with Crippen molar-refractivity contribution in [2.75, 3.05) is 0 Å². The Hall–Kier alpha value is -2.47. The van der Waals surface area contributed by atoms with Crippen molar-refractivity contribution in [2.45, 2.75) is 18.3 Å². The summed E-state index contributed by atoms with van der Waals surface area (Å²) in [5, 5.41) is 32.0. The van der Waals surface area contributed by atoms with Gasteiger partial charge in [-0.1, -0.05) is 23.8 Å². The quantitative estimate of drug-likeness (QED) is 0.503. The normalized spacial score (nSPS) is 21.3. The minimum atomic E-state index is -0.595. The number of allylic oxidation sites excluding steroid dienone is 2. The fraction of sp³-hybridized carbons (Fsp3) is 0.200. The molecular weight excluding hydrogens is 308 g/mol. The molecule has 0 radical (unpaired) electrons. The number of rotatable bonds is 2. The smallest absolute Gasteiger partial charge is 0.289 e. The monoisotopic (exact) mass is 318 g/mol. The Bertz CT molecular complexity index is 820. The molecule has 0 aliphatic heterocycles. The molecule has 4 rings (SSSR count). The molecule has 0 fully saturated rings. The third-order valence-corrected chi connectivity index (χ3v) is 4.72. The second kappa shape index (κ2) is 4.27. The lowest BCUT2D eigenvalue weighted by Gasteiger charge is -2.10. The summed E-state index contributed by atoms with van der Waals surface area (Å²) in [5.41, 5.74) is 1.46. The van der Waals surface area contributed by atoms with Gasteiger partial charge in [0.25, 0.3) is 5.69 Å². The molecular formula is C15H11ClN2O4. The Balaban J connectivity index is 1.93. The van der Waals surface area contributed by atoms with Crippen LogP contribution < -0.4 is 0 Å². The lowest BCUT2D eigenvalue weighted by atomic mass is 10.0. The average molecular weight is 319 g/mol. The van der Waals surface area contributed by atoms with Gasteiger partial charge in [-0.15, -0.1) is 0 Å². The summed E-state index contributed by atoms with van der Waals surface area (Å²) in [5.74, 6) is 0.0470. The van der Waals surface area contributed by atoms with E-state index in [1.165, 1.54) is 22.8 Å². The first-order valence-corrected chi connectivity index (χ1v) is 7.16. The van der Waals surface area contributed by atoms with Crippen LogP contribution in [0.25, 0.3) is 5.69 Å². The second-order valence-corrected chi connectivity index (χ2v) is 5.94. The lowest BCUT2D eigenvalue weighted by Crippen LogP contribution is -1.97. The fourth-order valence-electron chi connectivity index (χ4n) is 3.46. The summed E-state index contributed by atoms with van der Waals surface area (Å²) in [6.07, 6.45) is 4.88. The molecule has 0 spiro atoms. The Kier molecular flexibility index (Phi) is 2.56. The molecule has 112 valence electrons. The fourth-order valence-corrected chi connectivity index (χ4v) is 3.65. The summed E-state index contributed by atoms with van der Waals surface area (Å²) in [6, 6.07) is 4.15. The SMILES string of the molecule is O=[N+]([O-])c1cc(-n2c(O)c3c(c2O)[C@H]2C=C[C@@H]3C2)ccc1Cl. The molecule has 7 heteroatoms. The maximum Gasteiger partial charge on any atom is 0.289 e. The van der Waals surface area contributed by atoms with Crippen LogP contribution in [0.3, 0.4) is 0 Å². The molecule has 1 aromatic heterocycles. The van der Waals surface area contributed by atoms with Crippen LogP contribution in [0.5, 0.6) is 11.8 Å². The highest BCUT2D eigenvalue weighted by Gasteiger charge is 2.41. The van der Waals surface area contributed by atoms with Crippen LogP contribution in [0, 0.1) is 10.1 Å². The van der Waals surface area contributed by atoms with Crippen molar-refractivity contribution in [1.29, 1.82) is 0 Å². The molecule has 1 heterocycles. The molecule has 2 aliphatic carbocycles. The van der Waals surface area contributed by atoms with Gasteiger partial charge in [0.15, 0.2) is 0 Å². The number of hydrogen-bond donors (Lipinski definition) is 2. The summed E-state index contributed by atoms with van der Waals surface area (Å²) in [6.45, 7) is 0. The highest BCUT2D eigenvalue weighted by atomic mass is 35.5. The van der Waals surface area contributed by atoms with Gasteiger partial charge >= 0.3 is 0 Å². The number of benzene rings is 1. The maximum absolute atomic E-state index is 11.0. The van der Waals surface area contributed by atoms with E-state index in [9.17, 15) is 20.3 Å². The Morgan fingerprint density at radius 1 is 1.18 bits per heavy atom. The van der Waals surface area contributed by atoms with Gasteiger partial charge in [-0.05, 0) is 18.6 Å². The summed E-state index contributed by atoms with van der Waals surface area (Å²) < 4.78 is 1.24. The second-order valence-electron chi connectivity index (χ2n) is 5.54. The van der Waals surface area contributed by atoms with Crippen LogP contribution >= 0.6 is 11.6 Å². The summed E-state index contributed by atoms with van der Waals surface area (Å²) >= 11 is 5.80. The zero-order valence-electron chi connectivity index (χ0n) is 11.2. The first-order valence-electron chi connectivity index (χ1n) is 6.78. The number of nitrogens with zero attached hydrogens (tertiary/aromatic N) is 2. The lowest BCUT2D eigenvalue weighted by molar-refractivity contribution is -0.384. The van der Waals surface area contributed by atoms with E-state index < -0.39 is 4.92 Å². The summed E-state index contributed by atoms with van der Waals surface area (Å²) in [4.78, 5) is 10.4. The number of nitro benzene ring substituents is 1. The van der Waals surface area contributed by atoms with Gasteiger partial charge in [0.05, 0.1) is 10.6 Å². The topological polar surface area (TPSA) is 88.5 Å². The van der Waals surface area contributed by atoms with Crippen LogP contribution in [-0.2, 0) is 0 Å². The van der Waals surface area contributed by atoms with E-state index in [2.05, 4.69) is 0 Å². The van der Waals surface area contributed by atoms with Gasteiger partial charge in [0.1, 0.15) is 5.02 Å². The van der Waals surface area contributed by atoms with E-state index in [1.807, 2.05) is 12.2 Å². The first kappa shape index (κ1) is 13.2. The Morgan fingerprint density at radius 2 is 1.77 bits per heavy atom. The number of nitro groups is 1. The number of fused-ring (bicyclic) bond motifs is 5. The van der Waals surface area contributed by atoms with Crippen molar-refractivity contribution in [3.63, 3.8) is 0 Å². The van der Waals surface area contributed by atoms with Gasteiger partial charge in [-0.3, -0.25) is 14.7 Å². The van der Waals surface area contributed by atoms with Crippen LogP contribution in [-0.4, -0.2) is 19.7 Å². The molecule has 0 saturated carbocycles. The molecule has 2 aromatic rings. The van der Waals surface area contributed by atoms with E-state index in [1.54, 1.807) is 0 Å². The molecule has 6 nitrogen and oxygen atoms in total. The van der Waals surface area contributed by atoms with E-state index in [-0.39, 0.29) is 34.3 Å². The van der Waals surface area contributed by atoms with Crippen molar-refractivity contribution in [3.05, 3.63) is 56.6 Å².